The zero-order valence-corrected chi connectivity index (χ0v) is 12.2. The second-order valence-corrected chi connectivity index (χ2v) is 7.60. The summed E-state index contributed by atoms with van der Waals surface area (Å²) >= 11 is 1.25. The second kappa shape index (κ2) is 6.36. The molecule has 0 bridgehead atoms. The van der Waals surface area contributed by atoms with Gasteiger partial charge in [0, 0.05) is 24.2 Å². The molecule has 0 aliphatic carbocycles. The lowest BCUT2D eigenvalue weighted by atomic mass is 10.3. The van der Waals surface area contributed by atoms with Crippen LogP contribution < -0.4 is 0 Å². The molecule has 0 radical (unpaired) electrons. The molecule has 1 unspecified atom stereocenters. The van der Waals surface area contributed by atoms with Gasteiger partial charge in [-0.3, -0.25) is 10.1 Å². The number of hydrogen-bond donors (Lipinski definition) is 1. The molecular formula is C11H15NO5S2. The lowest BCUT2D eigenvalue weighted by Crippen LogP contribution is -2.03. The molecule has 1 atom stereocenters. The molecule has 1 aromatic carbocycles. The van der Waals surface area contributed by atoms with Gasteiger partial charge in [0.2, 0.25) is 0 Å². The molecule has 0 spiro atoms. The molecule has 0 fully saturated rings. The van der Waals surface area contributed by atoms with Crippen LogP contribution in [0.5, 0.6) is 0 Å². The molecular weight excluding hydrogens is 290 g/mol. The Morgan fingerprint density at radius 3 is 2.58 bits per heavy atom. The number of aliphatic hydroxyl groups excluding tert-OH is 1. The number of nitrogens with zero attached hydrogens (tertiary/aromatic N) is 1. The average Bonchev–Trinajstić information content (AvgIpc) is 2.27. The summed E-state index contributed by atoms with van der Waals surface area (Å²) in [6.45, 7) is 1.85. The summed E-state index contributed by atoms with van der Waals surface area (Å²) in [4.78, 5) is 10.7. The van der Waals surface area contributed by atoms with Crippen LogP contribution in [-0.4, -0.2) is 36.6 Å². The van der Waals surface area contributed by atoms with Gasteiger partial charge in [-0.2, -0.15) is 0 Å². The largest absolute Gasteiger partial charge is 0.396 e. The fourth-order valence-corrected chi connectivity index (χ4v) is 3.13. The molecule has 8 heteroatoms. The van der Waals surface area contributed by atoms with Crippen molar-refractivity contribution >= 4 is 27.3 Å². The van der Waals surface area contributed by atoms with Crippen molar-refractivity contribution in [3.05, 3.63) is 28.3 Å². The summed E-state index contributed by atoms with van der Waals surface area (Å²) in [5.74, 6) is 0. The average molecular weight is 305 g/mol. The molecule has 1 aromatic rings. The Kier molecular flexibility index (Phi) is 5.33. The minimum absolute atomic E-state index is 0.00336. The quantitative estimate of drug-likeness (QED) is 0.489. The third-order valence-corrected chi connectivity index (χ3v) is 4.77. The third kappa shape index (κ3) is 4.48. The van der Waals surface area contributed by atoms with Crippen molar-refractivity contribution in [2.75, 3.05) is 12.9 Å². The van der Waals surface area contributed by atoms with Crippen LogP contribution in [0.1, 0.15) is 13.3 Å². The molecule has 0 saturated heterocycles. The summed E-state index contributed by atoms with van der Waals surface area (Å²) < 4.78 is 22.8. The van der Waals surface area contributed by atoms with Crippen LogP contribution in [0.2, 0.25) is 0 Å². The summed E-state index contributed by atoms with van der Waals surface area (Å²) in [5.41, 5.74) is -0.224. The van der Waals surface area contributed by atoms with Crippen molar-refractivity contribution in [3.63, 3.8) is 0 Å². The van der Waals surface area contributed by atoms with Crippen LogP contribution in [0.3, 0.4) is 0 Å². The maximum absolute atomic E-state index is 11.4. The Morgan fingerprint density at radius 2 is 2.11 bits per heavy atom. The van der Waals surface area contributed by atoms with Crippen molar-refractivity contribution in [1.82, 2.24) is 0 Å². The molecule has 1 N–H and O–H groups in total. The van der Waals surface area contributed by atoms with E-state index in [9.17, 15) is 18.5 Å². The van der Waals surface area contributed by atoms with Crippen LogP contribution in [-0.2, 0) is 9.84 Å². The minimum atomic E-state index is -3.47. The molecule has 106 valence electrons. The first kappa shape index (κ1) is 15.9. The molecule has 1 rings (SSSR count). The molecule has 0 aromatic heterocycles. The van der Waals surface area contributed by atoms with Crippen molar-refractivity contribution < 1.29 is 18.4 Å². The van der Waals surface area contributed by atoms with E-state index < -0.39 is 14.8 Å². The van der Waals surface area contributed by atoms with Gasteiger partial charge in [0.15, 0.2) is 9.84 Å². The number of aliphatic hydroxyl groups is 1. The Balaban J connectivity index is 3.16. The number of thioether (sulfide) groups is 1. The summed E-state index contributed by atoms with van der Waals surface area (Å²) in [6.07, 6.45) is 1.52. The van der Waals surface area contributed by atoms with E-state index in [1.54, 1.807) is 0 Å². The molecule has 0 aliphatic rings. The first-order chi connectivity index (χ1) is 8.75. The number of benzene rings is 1. The highest BCUT2D eigenvalue weighted by molar-refractivity contribution is 8.00. The van der Waals surface area contributed by atoms with Gasteiger partial charge in [0.25, 0.3) is 5.69 Å². The number of sulfone groups is 1. The van der Waals surface area contributed by atoms with E-state index in [1.165, 1.54) is 23.9 Å². The normalized spacial score (nSPS) is 13.2. The maximum Gasteiger partial charge on any atom is 0.284 e. The predicted molar refractivity (Wildman–Crippen MR) is 73.2 cm³/mol. The van der Waals surface area contributed by atoms with Crippen LogP contribution in [0.4, 0.5) is 5.69 Å². The number of nitro benzene ring substituents is 1. The highest BCUT2D eigenvalue weighted by Gasteiger charge is 2.20. The molecule has 6 nitrogen and oxygen atoms in total. The zero-order chi connectivity index (χ0) is 14.6. The number of hydrogen-bond acceptors (Lipinski definition) is 6. The zero-order valence-electron chi connectivity index (χ0n) is 10.6. The molecule has 0 heterocycles. The van der Waals surface area contributed by atoms with Gasteiger partial charge in [-0.05, 0) is 18.6 Å². The van der Waals surface area contributed by atoms with Gasteiger partial charge in [-0.1, -0.05) is 6.92 Å². The Hall–Kier alpha value is -1.12. The minimum Gasteiger partial charge on any atom is -0.396 e. The predicted octanol–water partition coefficient (Wildman–Crippen LogP) is 1.86. The lowest BCUT2D eigenvalue weighted by molar-refractivity contribution is -0.388. The smallest absolute Gasteiger partial charge is 0.284 e. The van der Waals surface area contributed by atoms with Crippen LogP contribution in [0.15, 0.2) is 28.0 Å². The van der Waals surface area contributed by atoms with Gasteiger partial charge in [0.05, 0.1) is 14.7 Å². The van der Waals surface area contributed by atoms with E-state index in [4.69, 9.17) is 5.11 Å². The highest BCUT2D eigenvalue weighted by atomic mass is 32.2. The Morgan fingerprint density at radius 1 is 1.47 bits per heavy atom. The van der Waals surface area contributed by atoms with Gasteiger partial charge in [-0.25, -0.2) is 8.42 Å². The van der Waals surface area contributed by atoms with Gasteiger partial charge >= 0.3 is 0 Å². The summed E-state index contributed by atoms with van der Waals surface area (Å²) in [6, 6.07) is 3.87. The van der Waals surface area contributed by atoms with Crippen molar-refractivity contribution in [2.24, 2.45) is 0 Å². The van der Waals surface area contributed by atoms with Crippen molar-refractivity contribution in [2.45, 2.75) is 28.4 Å². The second-order valence-electron chi connectivity index (χ2n) is 4.10. The lowest BCUT2D eigenvalue weighted by Gasteiger charge is -2.10. The molecule has 0 saturated carbocycles. The maximum atomic E-state index is 11.4. The Labute approximate surface area is 115 Å². The van der Waals surface area contributed by atoms with Crippen LogP contribution >= 0.6 is 11.8 Å². The van der Waals surface area contributed by atoms with Gasteiger partial charge in [0.1, 0.15) is 0 Å². The van der Waals surface area contributed by atoms with E-state index in [-0.39, 0.29) is 22.4 Å². The first-order valence-electron chi connectivity index (χ1n) is 5.51. The summed E-state index contributed by atoms with van der Waals surface area (Å²) in [5, 5.41) is 19.8. The van der Waals surface area contributed by atoms with Crippen LogP contribution in [0, 0.1) is 10.1 Å². The SMILES string of the molecule is CC(CCO)Sc1ccc(S(C)(=O)=O)cc1[N+](=O)[O-]. The van der Waals surface area contributed by atoms with E-state index >= 15 is 0 Å². The number of nitro groups is 1. The molecule has 0 aliphatic heterocycles. The van der Waals surface area contributed by atoms with E-state index in [2.05, 4.69) is 0 Å². The standard InChI is InChI=1S/C11H15NO5S2/c1-8(5-6-13)18-11-4-3-9(19(2,16)17)7-10(11)12(14)15/h3-4,7-8,13H,5-6H2,1-2H3. The van der Waals surface area contributed by atoms with Crippen molar-refractivity contribution in [3.8, 4) is 0 Å². The highest BCUT2D eigenvalue weighted by Crippen LogP contribution is 2.34. The molecule has 19 heavy (non-hydrogen) atoms. The number of rotatable bonds is 6. The van der Waals surface area contributed by atoms with Gasteiger partial charge in [-0.15, -0.1) is 11.8 Å². The fourth-order valence-electron chi connectivity index (χ4n) is 1.43. The Bertz CT molecular complexity index is 570. The van der Waals surface area contributed by atoms with Crippen LogP contribution in [0.25, 0.3) is 0 Å². The van der Waals surface area contributed by atoms with Gasteiger partial charge < -0.3 is 5.11 Å². The van der Waals surface area contributed by atoms with E-state index in [0.717, 1.165) is 12.3 Å². The van der Waals surface area contributed by atoms with Crippen molar-refractivity contribution in [1.29, 1.82) is 0 Å². The first-order valence-corrected chi connectivity index (χ1v) is 8.29. The van der Waals surface area contributed by atoms with E-state index in [0.29, 0.717) is 11.3 Å². The molecule has 0 amide bonds. The third-order valence-electron chi connectivity index (χ3n) is 2.42. The fraction of sp³-hybridized carbons (Fsp3) is 0.455. The summed E-state index contributed by atoms with van der Waals surface area (Å²) in [7, 11) is -3.47. The van der Waals surface area contributed by atoms with E-state index in [1.807, 2.05) is 6.92 Å². The monoisotopic (exact) mass is 305 g/mol. The topological polar surface area (TPSA) is 97.5 Å².